The van der Waals surface area contributed by atoms with Crippen LogP contribution in [0.4, 0.5) is 0 Å². The Morgan fingerprint density at radius 1 is 1.12 bits per heavy atom. The summed E-state index contributed by atoms with van der Waals surface area (Å²) >= 11 is 4.10. The third-order valence-corrected chi connectivity index (χ3v) is 4.30. The van der Waals surface area contributed by atoms with Gasteiger partial charge < -0.3 is 0 Å². The minimum absolute atomic E-state index is 0.125. The molecule has 0 aliphatic carbocycles. The largest absolute Gasteiger partial charge is 0.196 e. The monoisotopic (exact) mass is 359 g/mol. The van der Waals surface area contributed by atoms with Gasteiger partial charge in [-0.1, -0.05) is 55.5 Å². The zero-order chi connectivity index (χ0) is 12.8. The summed E-state index contributed by atoms with van der Waals surface area (Å²) < 4.78 is 6.11. The van der Waals surface area contributed by atoms with Crippen LogP contribution in [0.25, 0.3) is 10.1 Å². The predicted molar refractivity (Wildman–Crippen MR) is 85.4 cm³/mol. The summed E-state index contributed by atoms with van der Waals surface area (Å²) in [6.07, 6.45) is 0. The van der Waals surface area contributed by atoms with Gasteiger partial charge in [-0.05, 0) is 37.0 Å². The Bertz CT molecular complexity index is 543. The van der Waals surface area contributed by atoms with Gasteiger partial charge in [0.2, 0.25) is 0 Å². The van der Waals surface area contributed by atoms with E-state index in [0.717, 1.165) is 0 Å². The first-order chi connectivity index (χ1) is 7.69. The van der Waals surface area contributed by atoms with E-state index in [2.05, 4.69) is 79.8 Å². The van der Waals surface area contributed by atoms with Crippen molar-refractivity contribution in [3.05, 3.63) is 29.5 Å². The van der Waals surface area contributed by atoms with Crippen LogP contribution in [-0.2, 0) is 8.84 Å². The van der Waals surface area contributed by atoms with Crippen LogP contribution in [0.5, 0.6) is 0 Å². The number of rotatable bonds is 1. The fourth-order valence-electron chi connectivity index (χ4n) is 1.85. The molecule has 0 N–H and O–H groups in total. The molecule has 0 fully saturated rings. The molecule has 0 aliphatic rings. The zero-order valence-electron chi connectivity index (χ0n) is 11.0. The van der Waals surface area contributed by atoms with Crippen molar-refractivity contribution >= 4 is 44.2 Å². The molecule has 1 aromatic carbocycles. The third-order valence-electron chi connectivity index (χ3n) is 2.87. The van der Waals surface area contributed by atoms with Crippen LogP contribution in [0, 0.1) is 0 Å². The van der Waals surface area contributed by atoms with Crippen molar-refractivity contribution < 1.29 is 0 Å². The van der Waals surface area contributed by atoms with Gasteiger partial charge in [0.05, 0.1) is 10.4 Å². The van der Waals surface area contributed by atoms with Crippen LogP contribution in [0.1, 0.15) is 45.9 Å². The molecule has 2 rings (SSSR count). The summed E-state index contributed by atoms with van der Waals surface area (Å²) in [6, 6.07) is 6.75. The molecule has 0 spiro atoms. The van der Waals surface area contributed by atoms with E-state index in [1.165, 1.54) is 21.3 Å². The van der Waals surface area contributed by atoms with Crippen LogP contribution in [0.3, 0.4) is 0 Å². The summed E-state index contributed by atoms with van der Waals surface area (Å²) in [5, 5.41) is 1.31. The smallest absolute Gasteiger partial charge is 0.0674 e. The van der Waals surface area contributed by atoms with Crippen molar-refractivity contribution in [2.24, 2.45) is 0 Å². The molecular weight excluding hydrogens is 341 g/mol. The average Bonchev–Trinajstić information content (AvgIpc) is 2.57. The fraction of sp³-hybridized carbons (Fsp3) is 0.500. The molecule has 17 heavy (non-hydrogen) atoms. The number of nitrogens with zero attached hydrogens (tertiary/aromatic N) is 1. The fourth-order valence-corrected chi connectivity index (χ4v) is 3.19. The highest BCUT2D eigenvalue weighted by atomic mass is 127. The van der Waals surface area contributed by atoms with Gasteiger partial charge in [-0.15, -0.1) is 0 Å². The minimum atomic E-state index is 0.125. The van der Waals surface area contributed by atoms with Crippen LogP contribution < -0.4 is 0 Å². The van der Waals surface area contributed by atoms with E-state index < -0.39 is 0 Å². The maximum atomic E-state index is 4.63. The summed E-state index contributed by atoms with van der Waals surface area (Å²) in [6.45, 7) is 11.1. The second kappa shape index (κ2) is 4.19. The molecule has 1 aromatic heterocycles. The highest BCUT2D eigenvalue weighted by Gasteiger charge is 2.22. The molecule has 1 nitrogen and oxygen atoms in total. The number of fused-ring (bicyclic) bond motifs is 1. The van der Waals surface area contributed by atoms with Gasteiger partial charge in [-0.2, -0.15) is 4.37 Å². The van der Waals surface area contributed by atoms with Gasteiger partial charge in [0.15, 0.2) is 0 Å². The third kappa shape index (κ3) is 2.65. The Morgan fingerprint density at radius 2 is 1.76 bits per heavy atom. The molecule has 0 atom stereocenters. The quantitative estimate of drug-likeness (QED) is 0.500. The molecule has 2 aromatic rings. The molecule has 0 amide bonds. The van der Waals surface area contributed by atoms with Gasteiger partial charge in [-0.25, -0.2) is 0 Å². The molecule has 3 heteroatoms. The number of halogens is 1. The Kier molecular flexibility index (Phi) is 3.28. The first-order valence-corrected chi connectivity index (χ1v) is 7.64. The van der Waals surface area contributed by atoms with Crippen LogP contribution in [0.15, 0.2) is 18.2 Å². The highest BCUT2D eigenvalue weighted by Crippen LogP contribution is 2.36. The first-order valence-electron chi connectivity index (χ1n) is 5.79. The SMILES string of the molecule is CC(C)(C)c1nsc2cc(C(C)(C)I)ccc12. The lowest BCUT2D eigenvalue weighted by molar-refractivity contribution is 0.581. The molecular formula is C14H18INS. The zero-order valence-corrected chi connectivity index (χ0v) is 13.9. The van der Waals surface area contributed by atoms with Crippen LogP contribution >= 0.6 is 34.1 Å². The van der Waals surface area contributed by atoms with E-state index in [4.69, 9.17) is 0 Å². The maximum absolute atomic E-state index is 4.63. The van der Waals surface area contributed by atoms with Gasteiger partial charge in [0.1, 0.15) is 0 Å². The van der Waals surface area contributed by atoms with Crippen molar-refractivity contribution in [2.75, 3.05) is 0 Å². The van der Waals surface area contributed by atoms with E-state index >= 15 is 0 Å². The van der Waals surface area contributed by atoms with Crippen LogP contribution in [0.2, 0.25) is 0 Å². The van der Waals surface area contributed by atoms with Gasteiger partial charge >= 0.3 is 0 Å². The van der Waals surface area contributed by atoms with Crippen molar-refractivity contribution in [3.8, 4) is 0 Å². The molecule has 0 bridgehead atoms. The van der Waals surface area contributed by atoms with Crippen LogP contribution in [-0.4, -0.2) is 4.37 Å². The summed E-state index contributed by atoms with van der Waals surface area (Å²) in [7, 11) is 0. The topological polar surface area (TPSA) is 12.9 Å². The van der Waals surface area contributed by atoms with Gasteiger partial charge in [0, 0.05) is 14.2 Å². The summed E-state index contributed by atoms with van der Waals surface area (Å²) in [5.41, 5.74) is 2.71. The lowest BCUT2D eigenvalue weighted by atomic mass is 9.89. The average molecular weight is 359 g/mol. The van der Waals surface area contributed by atoms with Crippen molar-refractivity contribution in [3.63, 3.8) is 0 Å². The van der Waals surface area contributed by atoms with E-state index in [9.17, 15) is 0 Å². The van der Waals surface area contributed by atoms with Crippen molar-refractivity contribution in [1.29, 1.82) is 0 Å². The second-order valence-corrected chi connectivity index (χ2v) is 9.47. The Morgan fingerprint density at radius 3 is 2.29 bits per heavy atom. The Hall–Kier alpha value is -0.160. The van der Waals surface area contributed by atoms with Gasteiger partial charge in [0.25, 0.3) is 0 Å². The van der Waals surface area contributed by atoms with Gasteiger partial charge in [-0.3, -0.25) is 0 Å². The van der Waals surface area contributed by atoms with E-state index in [-0.39, 0.29) is 8.84 Å². The highest BCUT2D eigenvalue weighted by molar-refractivity contribution is 14.1. The number of alkyl halides is 1. The van der Waals surface area contributed by atoms with Crippen molar-refractivity contribution in [1.82, 2.24) is 4.37 Å². The molecule has 0 unspecified atom stereocenters. The number of hydrogen-bond donors (Lipinski definition) is 0. The molecule has 0 aliphatic heterocycles. The number of benzene rings is 1. The molecule has 0 saturated heterocycles. The van der Waals surface area contributed by atoms with Crippen molar-refractivity contribution in [2.45, 2.75) is 43.5 Å². The molecule has 1 heterocycles. The first kappa shape index (κ1) is 13.3. The normalized spacial score (nSPS) is 13.3. The van der Waals surface area contributed by atoms with E-state index in [1.54, 1.807) is 11.5 Å². The summed E-state index contributed by atoms with van der Waals surface area (Å²) in [4.78, 5) is 0. The predicted octanol–water partition coefficient (Wildman–Crippen LogP) is 5.26. The Balaban J connectivity index is 2.61. The molecule has 92 valence electrons. The summed E-state index contributed by atoms with van der Waals surface area (Å²) in [5.74, 6) is 0. The second-order valence-electron chi connectivity index (χ2n) is 5.96. The lowest BCUT2D eigenvalue weighted by Crippen LogP contribution is -2.11. The standard InChI is InChI=1S/C14H18INS/c1-13(2,3)12-10-7-6-9(14(4,5)15)8-11(10)17-16-12/h6-8H,1-5H3. The Labute approximate surface area is 121 Å². The van der Waals surface area contributed by atoms with E-state index in [1.807, 2.05) is 0 Å². The minimum Gasteiger partial charge on any atom is -0.196 e. The molecule has 0 saturated carbocycles. The lowest BCUT2D eigenvalue weighted by Gasteiger charge is -2.18. The van der Waals surface area contributed by atoms with E-state index in [0.29, 0.717) is 0 Å². The number of aromatic nitrogens is 1. The maximum Gasteiger partial charge on any atom is 0.0674 e. The number of hydrogen-bond acceptors (Lipinski definition) is 2. The molecule has 0 radical (unpaired) electrons.